The molecule has 0 spiro atoms. The van der Waals surface area contributed by atoms with Crippen molar-refractivity contribution < 1.29 is 19.1 Å². The van der Waals surface area contributed by atoms with E-state index < -0.39 is 0 Å². The average Bonchev–Trinajstić information content (AvgIpc) is 3.53. The smallest absolute Gasteiger partial charge is 0.147 e. The highest BCUT2D eigenvalue weighted by Gasteiger charge is 2.36. The Balaban J connectivity index is 1.41. The molecule has 0 aliphatic carbocycles. The minimum atomic E-state index is 0.217. The van der Waals surface area contributed by atoms with Gasteiger partial charge in [-0.2, -0.15) is 0 Å². The van der Waals surface area contributed by atoms with Crippen LogP contribution in [-0.2, 0) is 6.42 Å². The molecule has 0 radical (unpaired) electrons. The van der Waals surface area contributed by atoms with Crippen molar-refractivity contribution in [3.05, 3.63) is 89.8 Å². The Labute approximate surface area is 287 Å². The van der Waals surface area contributed by atoms with Crippen LogP contribution < -0.4 is 9.47 Å². The minimum Gasteiger partial charge on any atom is -0.493 e. The molecule has 47 heavy (non-hydrogen) atoms. The summed E-state index contributed by atoms with van der Waals surface area (Å²) in [5.74, 6) is 3.44. The second kappa shape index (κ2) is 18.3. The molecule has 7 nitrogen and oxygen atoms in total. The van der Waals surface area contributed by atoms with Crippen LogP contribution in [0.25, 0.3) is 16.9 Å². The average molecular weight is 662 g/mol. The summed E-state index contributed by atoms with van der Waals surface area (Å²) in [5.41, 5.74) is 3.06. The number of aliphatic hydroxyl groups excluding tert-OH is 1. The van der Waals surface area contributed by atoms with Crippen molar-refractivity contribution in [1.82, 2.24) is 14.5 Å². The first kappa shape index (κ1) is 36.5. The number of halogens is 1. The third-order valence-corrected chi connectivity index (χ3v) is 9.63. The fourth-order valence-corrected chi connectivity index (χ4v) is 6.70. The highest BCUT2D eigenvalue weighted by atomic mass is 35.5. The molecule has 0 saturated carbocycles. The number of nitrogens with zero attached hydrogens (tertiary/aromatic N) is 4. The van der Waals surface area contributed by atoms with Crippen molar-refractivity contribution in [2.45, 2.75) is 72.9 Å². The van der Waals surface area contributed by atoms with E-state index in [2.05, 4.69) is 86.7 Å². The molecule has 3 aromatic carbocycles. The van der Waals surface area contributed by atoms with Gasteiger partial charge in [-0.15, -0.1) is 0 Å². The molecular formula is C39H54ClN4O3+. The predicted octanol–water partition coefficient (Wildman–Crippen LogP) is 9.00. The molecule has 1 unspecified atom stereocenters. The van der Waals surface area contributed by atoms with Crippen LogP contribution in [-0.4, -0.2) is 76.1 Å². The van der Waals surface area contributed by atoms with Crippen molar-refractivity contribution in [2.24, 2.45) is 0 Å². The molecule has 4 aromatic rings. The summed E-state index contributed by atoms with van der Waals surface area (Å²) < 4.78 is 15.4. The van der Waals surface area contributed by atoms with Gasteiger partial charge in [0, 0.05) is 54.8 Å². The fraction of sp³-hybridized carbons (Fsp3) is 0.462. The highest BCUT2D eigenvalue weighted by Crippen LogP contribution is 2.28. The molecule has 4 rings (SSSR count). The van der Waals surface area contributed by atoms with E-state index in [1.54, 1.807) is 0 Å². The summed E-state index contributed by atoms with van der Waals surface area (Å²) in [7, 11) is 0. The Morgan fingerprint density at radius 2 is 1.45 bits per heavy atom. The SMILES string of the molecule is CCCCc1nc(-c2ccc(OCCC[N+](CC)(CC)C(CCO)N(CC)CC)cc2)cn1-c1ccc(Oc2ccc(Cl)cc2)cc1. The molecule has 0 amide bonds. The number of quaternary nitrogens is 1. The first-order valence-corrected chi connectivity index (χ1v) is 17.8. The van der Waals surface area contributed by atoms with Gasteiger partial charge in [-0.1, -0.05) is 38.8 Å². The quantitative estimate of drug-likeness (QED) is 0.0582. The largest absolute Gasteiger partial charge is 0.493 e. The minimum absolute atomic E-state index is 0.217. The lowest BCUT2D eigenvalue weighted by atomic mass is 10.1. The van der Waals surface area contributed by atoms with Crippen molar-refractivity contribution in [3.63, 3.8) is 0 Å². The first-order chi connectivity index (χ1) is 22.9. The van der Waals surface area contributed by atoms with Gasteiger partial charge in [-0.25, -0.2) is 4.98 Å². The summed E-state index contributed by atoms with van der Waals surface area (Å²) in [6.07, 6.45) is 7.30. The van der Waals surface area contributed by atoms with Crippen molar-refractivity contribution in [1.29, 1.82) is 0 Å². The molecule has 0 bridgehead atoms. The maximum absolute atomic E-state index is 9.86. The number of benzene rings is 3. The van der Waals surface area contributed by atoms with Gasteiger partial charge < -0.3 is 23.6 Å². The maximum Gasteiger partial charge on any atom is 0.147 e. The van der Waals surface area contributed by atoms with Crippen LogP contribution in [0.3, 0.4) is 0 Å². The Morgan fingerprint density at radius 3 is 2.02 bits per heavy atom. The summed E-state index contributed by atoms with van der Waals surface area (Å²) in [5, 5.41) is 10.5. The Bertz CT molecular complexity index is 1460. The Kier molecular flexibility index (Phi) is 14.2. The zero-order valence-electron chi connectivity index (χ0n) is 29.0. The van der Waals surface area contributed by atoms with Crippen molar-refractivity contribution >= 4 is 11.6 Å². The summed E-state index contributed by atoms with van der Waals surface area (Å²) in [6.45, 7) is 17.2. The third-order valence-electron chi connectivity index (χ3n) is 9.38. The molecule has 0 aliphatic heterocycles. The maximum atomic E-state index is 9.86. The van der Waals surface area contributed by atoms with E-state index in [0.29, 0.717) is 17.8 Å². The lowest BCUT2D eigenvalue weighted by Crippen LogP contribution is -2.63. The van der Waals surface area contributed by atoms with Crippen molar-refractivity contribution in [2.75, 3.05) is 45.9 Å². The van der Waals surface area contributed by atoms with Crippen LogP contribution in [0.15, 0.2) is 79.0 Å². The Morgan fingerprint density at radius 1 is 0.830 bits per heavy atom. The Hall–Kier alpha value is -3.36. The zero-order chi connectivity index (χ0) is 33.6. The molecule has 8 heteroatoms. The number of aryl methyl sites for hydroxylation is 1. The number of aliphatic hydroxyl groups is 1. The zero-order valence-corrected chi connectivity index (χ0v) is 29.8. The number of rotatable bonds is 20. The molecule has 0 aliphatic rings. The van der Waals surface area contributed by atoms with Gasteiger partial charge in [0.25, 0.3) is 0 Å². The summed E-state index contributed by atoms with van der Waals surface area (Å²) >= 11 is 6.01. The molecule has 1 atom stereocenters. The van der Waals surface area contributed by atoms with Crippen molar-refractivity contribution in [3.8, 4) is 34.2 Å². The third kappa shape index (κ3) is 9.60. The molecule has 1 N–H and O–H groups in total. The van der Waals surface area contributed by atoms with Gasteiger partial charge in [0.1, 0.15) is 29.2 Å². The molecule has 1 aromatic heterocycles. The van der Waals surface area contributed by atoms with Crippen LogP contribution in [0.1, 0.15) is 66.1 Å². The van der Waals surface area contributed by atoms with E-state index in [1.165, 1.54) is 0 Å². The normalized spacial score (nSPS) is 12.4. The van der Waals surface area contributed by atoms with E-state index in [-0.39, 0.29) is 6.61 Å². The van der Waals surface area contributed by atoms with E-state index in [9.17, 15) is 5.11 Å². The van der Waals surface area contributed by atoms with E-state index >= 15 is 0 Å². The van der Waals surface area contributed by atoms with Gasteiger partial charge in [0.05, 0.1) is 38.5 Å². The van der Waals surface area contributed by atoms with Gasteiger partial charge in [0.15, 0.2) is 0 Å². The van der Waals surface area contributed by atoms with E-state index in [4.69, 9.17) is 26.1 Å². The monoisotopic (exact) mass is 661 g/mol. The second-order valence-electron chi connectivity index (χ2n) is 12.1. The highest BCUT2D eigenvalue weighted by molar-refractivity contribution is 6.30. The van der Waals surface area contributed by atoms with Gasteiger partial charge >= 0.3 is 0 Å². The van der Waals surface area contributed by atoms with Gasteiger partial charge in [-0.3, -0.25) is 4.90 Å². The molecule has 1 heterocycles. The van der Waals surface area contributed by atoms with Crippen LogP contribution in [0, 0.1) is 0 Å². The lowest BCUT2D eigenvalue weighted by molar-refractivity contribution is -0.959. The van der Waals surface area contributed by atoms with E-state index in [1.807, 2.05) is 36.4 Å². The predicted molar refractivity (Wildman–Crippen MR) is 194 cm³/mol. The van der Waals surface area contributed by atoms with E-state index in [0.717, 1.165) is 109 Å². The number of unbranched alkanes of at least 4 members (excludes halogenated alkanes) is 1. The molecule has 0 fully saturated rings. The fourth-order valence-electron chi connectivity index (χ4n) is 6.57. The summed E-state index contributed by atoms with van der Waals surface area (Å²) in [6, 6.07) is 23.8. The van der Waals surface area contributed by atoms with Crippen LogP contribution in [0.2, 0.25) is 5.02 Å². The van der Waals surface area contributed by atoms with Crippen LogP contribution in [0.4, 0.5) is 0 Å². The number of imidazole rings is 1. The topological polar surface area (TPSA) is 59.8 Å². The van der Waals surface area contributed by atoms with Gasteiger partial charge in [0.2, 0.25) is 0 Å². The standard InChI is InChI=1S/C39H54ClN4O3/c1-6-11-13-38-41-37(30-43(38)33-18-24-36(25-19-33)47-35-22-16-32(40)17-23-35)31-14-20-34(21-15-31)46-29-12-27-44(9-4,10-5)39(26-28-45)42(7-2)8-3/h14-25,30,39,45H,6-13,26-29H2,1-5H3/q+1. The number of hydrogen-bond acceptors (Lipinski definition) is 5. The molecule has 0 saturated heterocycles. The summed E-state index contributed by atoms with van der Waals surface area (Å²) in [4.78, 5) is 7.56. The van der Waals surface area contributed by atoms with Crippen LogP contribution >= 0.6 is 11.6 Å². The lowest BCUT2D eigenvalue weighted by Gasteiger charge is -2.48. The molecular weight excluding hydrogens is 608 g/mol. The number of ether oxygens (including phenoxy) is 2. The number of aromatic nitrogens is 2. The van der Waals surface area contributed by atoms with Gasteiger partial charge in [-0.05, 0) is 93.1 Å². The molecule has 254 valence electrons. The number of hydrogen-bond donors (Lipinski definition) is 1. The first-order valence-electron chi connectivity index (χ1n) is 17.5. The van der Waals surface area contributed by atoms with Crippen LogP contribution in [0.5, 0.6) is 17.2 Å². The second-order valence-corrected chi connectivity index (χ2v) is 12.5.